The molecule has 0 fully saturated rings. The molecule has 0 radical (unpaired) electrons. The summed E-state index contributed by atoms with van der Waals surface area (Å²) in [6, 6.07) is -0.838. The molecule has 0 saturated carbocycles. The fourth-order valence-electron chi connectivity index (χ4n) is 2.19. The Kier molecular flexibility index (Phi) is 9.68. The van der Waals surface area contributed by atoms with Gasteiger partial charge in [-0.1, -0.05) is 27.7 Å². The third kappa shape index (κ3) is 5.82. The van der Waals surface area contributed by atoms with E-state index in [9.17, 15) is 18.7 Å². The number of carbonyl (C=O) groups is 2. The van der Waals surface area contributed by atoms with Gasteiger partial charge in [0.25, 0.3) is 0 Å². The molecule has 0 heterocycles. The van der Waals surface area contributed by atoms with Crippen LogP contribution in [0.3, 0.4) is 0 Å². The molecule has 4 amide bonds. The van der Waals surface area contributed by atoms with Crippen molar-refractivity contribution in [2.45, 2.75) is 27.7 Å². The summed E-state index contributed by atoms with van der Waals surface area (Å²) in [7, 11) is -2.26. The molecule has 10 heteroatoms. The van der Waals surface area contributed by atoms with E-state index in [-0.39, 0.29) is 13.1 Å². The molecule has 0 aromatic carbocycles. The number of amides is 4. The predicted octanol–water partition coefficient (Wildman–Crippen LogP) is 2.91. The molecule has 0 aromatic rings. The Balaban J connectivity index is 4.40. The van der Waals surface area contributed by atoms with Crippen LogP contribution in [0.5, 0.6) is 0 Å². The predicted molar refractivity (Wildman–Crippen MR) is 99.7 cm³/mol. The lowest BCUT2D eigenvalue weighted by atomic mass is 10.6. The van der Waals surface area contributed by atoms with Gasteiger partial charge in [0.1, 0.15) is 0 Å². The van der Waals surface area contributed by atoms with Gasteiger partial charge in [0.15, 0.2) is 14.6 Å². The van der Waals surface area contributed by atoms with Gasteiger partial charge in [0.2, 0.25) is 0 Å². The summed E-state index contributed by atoms with van der Waals surface area (Å²) in [5.74, 6) is 0. The van der Waals surface area contributed by atoms with E-state index in [1.165, 1.54) is 23.4 Å². The van der Waals surface area contributed by atoms with Gasteiger partial charge in [0, 0.05) is 51.8 Å². The first-order chi connectivity index (χ1) is 11.1. The fraction of sp³-hybridized carbons (Fsp3) is 0.857. The normalized spacial score (nSPS) is 11.8. The summed E-state index contributed by atoms with van der Waals surface area (Å²) >= 11 is 0. The zero-order chi connectivity index (χ0) is 19.0. The zero-order valence-corrected chi connectivity index (χ0v) is 17.5. The number of nitrogens with zero attached hydrogens (tertiary/aromatic N) is 2. The van der Waals surface area contributed by atoms with Crippen LogP contribution in [0.15, 0.2) is 0 Å². The first-order valence-electron chi connectivity index (χ1n) is 8.32. The maximum Gasteiger partial charge on any atom is 0.322 e. The Hall–Kier alpha value is -1.00. The van der Waals surface area contributed by atoms with Crippen molar-refractivity contribution >= 4 is 26.6 Å². The molecule has 0 atom stereocenters. The first-order valence-corrected chi connectivity index (χ1v) is 12.4. The minimum absolute atomic E-state index is 0.207. The average Bonchev–Trinajstić information content (AvgIpc) is 2.61. The summed E-state index contributed by atoms with van der Waals surface area (Å²) in [4.78, 5) is 24.0. The van der Waals surface area contributed by atoms with Crippen molar-refractivity contribution in [3.63, 3.8) is 0 Å². The van der Waals surface area contributed by atoms with E-state index in [1.807, 2.05) is 0 Å². The Bertz CT molecular complexity index is 465. The van der Waals surface area contributed by atoms with Crippen LogP contribution in [0.2, 0.25) is 0 Å². The van der Waals surface area contributed by atoms with Crippen molar-refractivity contribution < 1.29 is 18.7 Å². The number of carbonyl (C=O) groups excluding carboxylic acids is 2. The van der Waals surface area contributed by atoms with Gasteiger partial charge in [-0.25, -0.2) is 9.59 Å². The zero-order valence-electron chi connectivity index (χ0n) is 15.7. The smallest absolute Gasteiger partial charge is 0.322 e. The molecule has 24 heavy (non-hydrogen) atoms. The lowest BCUT2D eigenvalue weighted by molar-refractivity contribution is 0.223. The molecule has 0 saturated heterocycles. The molecular weight excluding hydrogens is 350 g/mol. The molecular formula is C14H32N4O4P2. The van der Waals surface area contributed by atoms with Crippen LogP contribution in [-0.2, 0) is 9.13 Å². The monoisotopic (exact) mass is 382 g/mol. The van der Waals surface area contributed by atoms with Crippen molar-refractivity contribution in [1.82, 2.24) is 20.0 Å². The van der Waals surface area contributed by atoms with Crippen molar-refractivity contribution in [3.05, 3.63) is 0 Å². The highest BCUT2D eigenvalue weighted by Gasteiger charge is 2.28. The largest absolute Gasteiger partial charge is 0.336 e. The molecule has 0 bridgehead atoms. The van der Waals surface area contributed by atoms with E-state index in [1.54, 1.807) is 27.7 Å². The fourth-order valence-corrected chi connectivity index (χ4v) is 5.59. The van der Waals surface area contributed by atoms with Crippen molar-refractivity contribution in [2.75, 3.05) is 51.8 Å². The molecule has 0 rings (SSSR count). The molecule has 142 valence electrons. The number of hydrogen-bond acceptors (Lipinski definition) is 4. The maximum absolute atomic E-state index is 12.5. The number of nitrogens with one attached hydrogen (secondary N) is 2. The number of urea groups is 2. The molecule has 0 aliphatic carbocycles. The van der Waals surface area contributed by atoms with Gasteiger partial charge in [-0.2, -0.15) is 0 Å². The highest BCUT2D eigenvalue weighted by Crippen LogP contribution is 2.48. The quantitative estimate of drug-likeness (QED) is 0.473. The molecule has 0 aliphatic heterocycles. The van der Waals surface area contributed by atoms with E-state index in [0.717, 1.165) is 0 Å². The minimum atomic E-state index is -2.65. The van der Waals surface area contributed by atoms with Gasteiger partial charge in [-0.3, -0.25) is 9.34 Å². The Labute approximate surface area is 145 Å². The van der Waals surface area contributed by atoms with Crippen LogP contribution in [0.4, 0.5) is 9.59 Å². The molecule has 0 unspecified atom stereocenters. The highest BCUT2D eigenvalue weighted by atomic mass is 31.2. The summed E-state index contributed by atoms with van der Waals surface area (Å²) < 4.78 is 27.4. The SMILES string of the molecule is CCP(=O)(CC)N(C)C(=O)NCCNC(=O)N(C)P(=O)(CC)CC. The number of hydrogen-bond donors (Lipinski definition) is 2. The minimum Gasteiger partial charge on any atom is -0.336 e. The van der Waals surface area contributed by atoms with Crippen LogP contribution in [0.25, 0.3) is 0 Å². The first kappa shape index (κ1) is 23.0. The van der Waals surface area contributed by atoms with Crippen LogP contribution < -0.4 is 10.6 Å². The third-order valence-corrected chi connectivity index (χ3v) is 10.8. The van der Waals surface area contributed by atoms with Gasteiger partial charge >= 0.3 is 12.1 Å². The van der Waals surface area contributed by atoms with Gasteiger partial charge < -0.3 is 19.8 Å². The second-order valence-corrected chi connectivity index (χ2v) is 12.6. The summed E-state index contributed by atoms with van der Waals surface area (Å²) in [5.41, 5.74) is 0. The second kappa shape index (κ2) is 10.1. The molecule has 2 N–H and O–H groups in total. The van der Waals surface area contributed by atoms with E-state index in [4.69, 9.17) is 0 Å². The Morgan fingerprint density at radius 3 is 1.17 bits per heavy atom. The summed E-state index contributed by atoms with van der Waals surface area (Å²) in [6.07, 6.45) is 1.72. The molecule has 0 aromatic heterocycles. The van der Waals surface area contributed by atoms with Gasteiger partial charge in [0.05, 0.1) is 0 Å². The van der Waals surface area contributed by atoms with Crippen LogP contribution >= 0.6 is 14.6 Å². The molecule has 8 nitrogen and oxygen atoms in total. The lowest BCUT2D eigenvalue weighted by Gasteiger charge is -2.28. The molecule has 0 aliphatic rings. The number of rotatable bonds is 9. The molecule has 0 spiro atoms. The van der Waals surface area contributed by atoms with Gasteiger partial charge in [-0.05, 0) is 0 Å². The summed E-state index contributed by atoms with van der Waals surface area (Å²) in [5, 5.41) is 5.26. The lowest BCUT2D eigenvalue weighted by Crippen LogP contribution is -2.43. The second-order valence-electron chi connectivity index (χ2n) is 5.47. The van der Waals surface area contributed by atoms with Gasteiger partial charge in [-0.15, -0.1) is 0 Å². The van der Waals surface area contributed by atoms with Crippen LogP contribution in [-0.4, -0.2) is 73.2 Å². The summed E-state index contributed by atoms with van der Waals surface area (Å²) in [6.45, 7) is 7.60. The van der Waals surface area contributed by atoms with E-state index in [0.29, 0.717) is 24.6 Å². The van der Waals surface area contributed by atoms with Crippen molar-refractivity contribution in [2.24, 2.45) is 0 Å². The topological polar surface area (TPSA) is 98.8 Å². The van der Waals surface area contributed by atoms with E-state index < -0.39 is 26.6 Å². The third-order valence-electron chi connectivity index (χ3n) is 4.34. The van der Waals surface area contributed by atoms with Crippen LogP contribution in [0.1, 0.15) is 27.7 Å². The van der Waals surface area contributed by atoms with Crippen molar-refractivity contribution in [1.29, 1.82) is 0 Å². The van der Waals surface area contributed by atoms with E-state index in [2.05, 4.69) is 10.6 Å². The average molecular weight is 382 g/mol. The van der Waals surface area contributed by atoms with Crippen LogP contribution in [0, 0.1) is 0 Å². The maximum atomic E-state index is 12.5. The van der Waals surface area contributed by atoms with E-state index >= 15 is 0 Å². The Morgan fingerprint density at radius 1 is 0.708 bits per heavy atom. The highest BCUT2D eigenvalue weighted by molar-refractivity contribution is 7.62. The Morgan fingerprint density at radius 2 is 0.958 bits per heavy atom. The standard InChI is InChI=1S/C14H32N4O4P2/c1-7-23(21,8-2)17(5)13(19)15-11-12-16-14(20)18(6)24(22,9-3)10-4/h7-12H2,1-6H3,(H,15,19)(H,16,20). The van der Waals surface area contributed by atoms with Crippen molar-refractivity contribution in [3.8, 4) is 0 Å².